The van der Waals surface area contributed by atoms with Gasteiger partial charge >= 0.3 is 0 Å². The summed E-state index contributed by atoms with van der Waals surface area (Å²) in [7, 11) is 0. The van der Waals surface area contributed by atoms with Crippen molar-refractivity contribution < 1.29 is 4.39 Å². The van der Waals surface area contributed by atoms with E-state index in [-0.39, 0.29) is 5.82 Å². The molecule has 0 aliphatic carbocycles. The van der Waals surface area contributed by atoms with Crippen molar-refractivity contribution in [1.29, 1.82) is 5.26 Å². The van der Waals surface area contributed by atoms with Gasteiger partial charge in [-0.05, 0) is 30.5 Å². The first-order valence-electron chi connectivity index (χ1n) is 5.61. The molecule has 0 saturated heterocycles. The lowest BCUT2D eigenvalue weighted by Crippen LogP contribution is -2.11. The Morgan fingerprint density at radius 2 is 2.25 bits per heavy atom. The van der Waals surface area contributed by atoms with Crippen LogP contribution < -0.4 is 5.32 Å². The zero-order valence-electron chi connectivity index (χ0n) is 9.76. The van der Waals surface area contributed by atoms with E-state index in [0.717, 1.165) is 19.4 Å². The van der Waals surface area contributed by atoms with Gasteiger partial charge in [-0.15, -0.1) is 0 Å². The molecule has 0 aliphatic rings. The summed E-state index contributed by atoms with van der Waals surface area (Å²) < 4.78 is 12.9. The standard InChI is InChI=1S/C13H17FN2/c1-3-4-10(2)9-16-13-6-5-12(14)7-11(13)8-15/h5-7,10,16H,3-4,9H2,1-2H3. The van der Waals surface area contributed by atoms with Crippen molar-refractivity contribution in [3.05, 3.63) is 29.6 Å². The maximum atomic E-state index is 12.9. The van der Waals surface area contributed by atoms with Crippen molar-refractivity contribution in [2.75, 3.05) is 11.9 Å². The zero-order chi connectivity index (χ0) is 12.0. The number of halogens is 1. The van der Waals surface area contributed by atoms with E-state index in [1.54, 1.807) is 6.07 Å². The molecule has 1 aromatic carbocycles. The van der Waals surface area contributed by atoms with Crippen molar-refractivity contribution in [2.45, 2.75) is 26.7 Å². The molecule has 1 unspecified atom stereocenters. The molecule has 0 saturated carbocycles. The third-order valence-corrected chi connectivity index (χ3v) is 2.52. The van der Waals surface area contributed by atoms with E-state index in [1.165, 1.54) is 12.1 Å². The van der Waals surface area contributed by atoms with Crippen LogP contribution in [0.3, 0.4) is 0 Å². The number of nitriles is 1. The molecule has 1 aromatic rings. The molecule has 1 N–H and O–H groups in total. The Balaban J connectivity index is 2.64. The van der Waals surface area contributed by atoms with Gasteiger partial charge in [0.2, 0.25) is 0 Å². The summed E-state index contributed by atoms with van der Waals surface area (Å²) in [6.45, 7) is 5.12. The number of nitrogens with zero attached hydrogens (tertiary/aromatic N) is 1. The minimum Gasteiger partial charge on any atom is -0.384 e. The van der Waals surface area contributed by atoms with Crippen molar-refractivity contribution in [3.63, 3.8) is 0 Å². The van der Waals surface area contributed by atoms with Crippen LogP contribution in [-0.4, -0.2) is 6.54 Å². The predicted octanol–water partition coefficient (Wildman–Crippen LogP) is 3.55. The van der Waals surface area contributed by atoms with E-state index in [1.807, 2.05) is 6.07 Å². The Hall–Kier alpha value is -1.56. The number of rotatable bonds is 5. The van der Waals surface area contributed by atoms with Gasteiger partial charge in [0.25, 0.3) is 0 Å². The number of hydrogen-bond donors (Lipinski definition) is 1. The maximum absolute atomic E-state index is 12.9. The lowest BCUT2D eigenvalue weighted by atomic mass is 10.1. The van der Waals surface area contributed by atoms with Crippen LogP contribution >= 0.6 is 0 Å². The van der Waals surface area contributed by atoms with E-state index in [9.17, 15) is 4.39 Å². The van der Waals surface area contributed by atoms with E-state index in [0.29, 0.717) is 17.2 Å². The number of nitrogens with one attached hydrogen (secondary N) is 1. The smallest absolute Gasteiger partial charge is 0.124 e. The summed E-state index contributed by atoms with van der Waals surface area (Å²) >= 11 is 0. The van der Waals surface area contributed by atoms with Crippen molar-refractivity contribution in [3.8, 4) is 6.07 Å². The fraction of sp³-hybridized carbons (Fsp3) is 0.462. The van der Waals surface area contributed by atoms with Gasteiger partial charge in [-0.25, -0.2) is 4.39 Å². The summed E-state index contributed by atoms with van der Waals surface area (Å²) in [6.07, 6.45) is 2.30. The fourth-order valence-electron chi connectivity index (χ4n) is 1.64. The van der Waals surface area contributed by atoms with Gasteiger partial charge in [0, 0.05) is 6.54 Å². The van der Waals surface area contributed by atoms with Crippen LogP contribution in [0.25, 0.3) is 0 Å². The summed E-state index contributed by atoms with van der Waals surface area (Å²) in [5.41, 5.74) is 1.08. The van der Waals surface area contributed by atoms with Crippen molar-refractivity contribution in [2.24, 2.45) is 5.92 Å². The van der Waals surface area contributed by atoms with Crippen LogP contribution in [0.2, 0.25) is 0 Å². The van der Waals surface area contributed by atoms with Gasteiger partial charge in [0.1, 0.15) is 11.9 Å². The maximum Gasteiger partial charge on any atom is 0.124 e. The van der Waals surface area contributed by atoms with Crippen LogP contribution in [0.4, 0.5) is 10.1 Å². The van der Waals surface area contributed by atoms with Gasteiger partial charge < -0.3 is 5.32 Å². The molecule has 1 rings (SSSR count). The molecule has 0 heterocycles. The SMILES string of the molecule is CCCC(C)CNc1ccc(F)cc1C#N. The molecule has 0 amide bonds. The normalized spacial score (nSPS) is 11.9. The minimum atomic E-state index is -0.372. The topological polar surface area (TPSA) is 35.8 Å². The van der Waals surface area contributed by atoms with Gasteiger partial charge in [0.05, 0.1) is 11.3 Å². The fourth-order valence-corrected chi connectivity index (χ4v) is 1.64. The highest BCUT2D eigenvalue weighted by Crippen LogP contribution is 2.17. The zero-order valence-corrected chi connectivity index (χ0v) is 9.76. The molecular formula is C13H17FN2. The molecule has 1 atom stereocenters. The van der Waals surface area contributed by atoms with Gasteiger partial charge in [-0.3, -0.25) is 0 Å². The van der Waals surface area contributed by atoms with Gasteiger partial charge in [-0.1, -0.05) is 20.3 Å². The number of hydrogen-bond acceptors (Lipinski definition) is 2. The average Bonchev–Trinajstić information content (AvgIpc) is 2.27. The van der Waals surface area contributed by atoms with Gasteiger partial charge in [-0.2, -0.15) is 5.26 Å². The Morgan fingerprint density at radius 3 is 2.88 bits per heavy atom. The highest BCUT2D eigenvalue weighted by molar-refractivity contribution is 5.57. The minimum absolute atomic E-state index is 0.365. The van der Waals surface area contributed by atoms with Crippen molar-refractivity contribution in [1.82, 2.24) is 0 Å². The monoisotopic (exact) mass is 220 g/mol. The molecule has 0 spiro atoms. The number of benzene rings is 1. The summed E-state index contributed by atoms with van der Waals surface area (Å²) in [5, 5.41) is 12.0. The van der Waals surface area contributed by atoms with Crippen LogP contribution in [0.15, 0.2) is 18.2 Å². The molecule has 0 aromatic heterocycles. The highest BCUT2D eigenvalue weighted by Gasteiger charge is 2.05. The Labute approximate surface area is 96.1 Å². The first-order valence-corrected chi connectivity index (χ1v) is 5.61. The lowest BCUT2D eigenvalue weighted by Gasteiger charge is -2.13. The molecule has 0 aliphatic heterocycles. The molecule has 16 heavy (non-hydrogen) atoms. The second kappa shape index (κ2) is 6.12. The second-order valence-corrected chi connectivity index (χ2v) is 4.08. The van der Waals surface area contributed by atoms with Gasteiger partial charge in [0.15, 0.2) is 0 Å². The summed E-state index contributed by atoms with van der Waals surface area (Å²) in [6, 6.07) is 6.23. The first-order chi connectivity index (χ1) is 7.67. The van der Waals surface area contributed by atoms with Crippen molar-refractivity contribution >= 4 is 5.69 Å². The number of anilines is 1. The van der Waals surface area contributed by atoms with E-state index in [4.69, 9.17) is 5.26 Å². The van der Waals surface area contributed by atoms with Crippen LogP contribution in [-0.2, 0) is 0 Å². The molecular weight excluding hydrogens is 203 g/mol. The average molecular weight is 220 g/mol. The Morgan fingerprint density at radius 1 is 1.50 bits per heavy atom. The quantitative estimate of drug-likeness (QED) is 0.823. The predicted molar refractivity (Wildman–Crippen MR) is 63.7 cm³/mol. The largest absolute Gasteiger partial charge is 0.384 e. The third kappa shape index (κ3) is 3.54. The molecule has 3 heteroatoms. The Kier molecular flexibility index (Phi) is 4.78. The molecule has 2 nitrogen and oxygen atoms in total. The van der Waals surface area contributed by atoms with E-state index < -0.39 is 0 Å². The lowest BCUT2D eigenvalue weighted by molar-refractivity contribution is 0.550. The molecule has 86 valence electrons. The molecule has 0 radical (unpaired) electrons. The highest BCUT2D eigenvalue weighted by atomic mass is 19.1. The van der Waals surface area contributed by atoms with Crippen LogP contribution in [0, 0.1) is 23.1 Å². The summed E-state index contributed by atoms with van der Waals surface area (Å²) in [5.74, 6) is 0.185. The van der Waals surface area contributed by atoms with Crippen LogP contribution in [0.1, 0.15) is 32.3 Å². The second-order valence-electron chi connectivity index (χ2n) is 4.08. The van der Waals surface area contributed by atoms with E-state index in [2.05, 4.69) is 19.2 Å². The summed E-state index contributed by atoms with van der Waals surface area (Å²) in [4.78, 5) is 0. The first kappa shape index (κ1) is 12.5. The van der Waals surface area contributed by atoms with E-state index >= 15 is 0 Å². The Bertz CT molecular complexity index is 382. The van der Waals surface area contributed by atoms with Crippen LogP contribution in [0.5, 0.6) is 0 Å². The molecule has 0 bridgehead atoms. The third-order valence-electron chi connectivity index (χ3n) is 2.52. The molecule has 0 fully saturated rings.